The second-order valence-corrected chi connectivity index (χ2v) is 8.90. The number of ether oxygens (including phenoxy) is 1. The Morgan fingerprint density at radius 3 is 2.62 bits per heavy atom. The van der Waals surface area contributed by atoms with E-state index >= 15 is 0 Å². The molecular weight excluding hydrogens is 446 g/mol. The maximum Gasteiger partial charge on any atom is 0.252 e. The first-order chi connectivity index (χ1) is 15.5. The molecule has 0 fully saturated rings. The summed E-state index contributed by atoms with van der Waals surface area (Å²) >= 11 is 2.95. The van der Waals surface area contributed by atoms with Gasteiger partial charge in [0.2, 0.25) is 11.9 Å². The second kappa shape index (κ2) is 10.1. The van der Waals surface area contributed by atoms with Crippen molar-refractivity contribution in [2.45, 2.75) is 17.0 Å². The fourth-order valence-electron chi connectivity index (χ4n) is 2.61. The van der Waals surface area contributed by atoms with Crippen molar-refractivity contribution in [1.82, 2.24) is 20.2 Å². The van der Waals surface area contributed by atoms with E-state index in [0.29, 0.717) is 22.9 Å². The lowest BCUT2D eigenvalue weighted by molar-refractivity contribution is 0.483. The molecule has 4 rings (SSSR count). The summed E-state index contributed by atoms with van der Waals surface area (Å²) in [6.07, 6.45) is 0. The number of aromatic nitrogens is 4. The normalized spacial score (nSPS) is 11.3. The average molecular weight is 466 g/mol. The molecule has 0 bridgehead atoms. The van der Waals surface area contributed by atoms with Gasteiger partial charge in [-0.3, -0.25) is 9.78 Å². The van der Waals surface area contributed by atoms with Gasteiger partial charge in [-0.05, 0) is 43.3 Å². The van der Waals surface area contributed by atoms with Gasteiger partial charge in [0, 0.05) is 17.5 Å². The molecule has 0 atom stereocenters. The molecule has 0 aliphatic rings. The van der Waals surface area contributed by atoms with Gasteiger partial charge in [-0.25, -0.2) is 4.98 Å². The molecule has 162 valence electrons. The Hall–Kier alpha value is -3.70. The van der Waals surface area contributed by atoms with Crippen LogP contribution in [-0.4, -0.2) is 26.1 Å². The number of hydrogen-bond donors (Lipinski definition) is 3. The van der Waals surface area contributed by atoms with Crippen LogP contribution < -0.4 is 21.3 Å². The summed E-state index contributed by atoms with van der Waals surface area (Å²) < 4.78 is 6.58. The highest BCUT2D eigenvalue weighted by Gasteiger charge is 2.06. The van der Waals surface area contributed by atoms with E-state index in [4.69, 9.17) is 10.5 Å². The summed E-state index contributed by atoms with van der Waals surface area (Å²) in [7, 11) is 0. The molecule has 0 spiro atoms. The average Bonchev–Trinajstić information content (AvgIpc) is 3.19. The second-order valence-electron chi connectivity index (χ2n) is 6.50. The van der Waals surface area contributed by atoms with Gasteiger partial charge < -0.3 is 15.8 Å². The van der Waals surface area contributed by atoms with Crippen molar-refractivity contribution in [3.05, 3.63) is 81.7 Å². The number of rotatable bonds is 7. The number of hydrogen-bond acceptors (Lipinski definition) is 8. The number of guanidine groups is 1. The predicted molar refractivity (Wildman–Crippen MR) is 127 cm³/mol. The van der Waals surface area contributed by atoms with Crippen LogP contribution >= 0.6 is 23.1 Å². The van der Waals surface area contributed by atoms with E-state index in [2.05, 4.69) is 30.5 Å². The van der Waals surface area contributed by atoms with Crippen LogP contribution in [0.4, 0.5) is 11.6 Å². The molecule has 0 unspecified atom stereocenters. The first-order valence-electron chi connectivity index (χ1n) is 9.51. The molecule has 32 heavy (non-hydrogen) atoms. The molecule has 4 N–H and O–H groups in total. The van der Waals surface area contributed by atoms with Crippen LogP contribution in [0.1, 0.15) is 10.7 Å². The fraction of sp³-hybridized carbons (Fsp3) is 0.0952. The van der Waals surface area contributed by atoms with Gasteiger partial charge >= 0.3 is 0 Å². The summed E-state index contributed by atoms with van der Waals surface area (Å²) in [4.78, 5) is 23.1. The number of anilines is 1. The maximum atomic E-state index is 12.0. The molecule has 9 nitrogen and oxygen atoms in total. The predicted octanol–water partition coefficient (Wildman–Crippen LogP) is 4.07. The molecule has 11 heteroatoms. The van der Waals surface area contributed by atoms with Crippen LogP contribution in [-0.2, 0) is 5.75 Å². The molecule has 4 aromatic rings. The van der Waals surface area contributed by atoms with E-state index in [-0.39, 0.29) is 17.5 Å². The number of nitrogens with two attached hydrogens (primary N) is 1. The van der Waals surface area contributed by atoms with E-state index < -0.39 is 0 Å². The Morgan fingerprint density at radius 2 is 1.91 bits per heavy atom. The van der Waals surface area contributed by atoms with E-state index in [9.17, 15) is 4.79 Å². The Bertz CT molecular complexity index is 1270. The lowest BCUT2D eigenvalue weighted by Gasteiger charge is -2.08. The molecule has 0 saturated carbocycles. The number of aromatic amines is 1. The molecule has 0 aliphatic carbocycles. The van der Waals surface area contributed by atoms with Gasteiger partial charge in [-0.1, -0.05) is 41.3 Å². The number of aliphatic imine (C=N–C) groups is 1. The lowest BCUT2D eigenvalue weighted by Crippen LogP contribution is -2.22. The zero-order valence-electron chi connectivity index (χ0n) is 17.0. The molecule has 2 aromatic carbocycles. The van der Waals surface area contributed by atoms with Crippen LogP contribution in [0.5, 0.6) is 11.5 Å². The minimum atomic E-state index is -0.307. The smallest absolute Gasteiger partial charge is 0.252 e. The number of nitrogens with one attached hydrogen (secondary N) is 2. The summed E-state index contributed by atoms with van der Waals surface area (Å²) in [5, 5.41) is 11.9. The zero-order chi connectivity index (χ0) is 22.3. The van der Waals surface area contributed by atoms with Crippen molar-refractivity contribution in [1.29, 1.82) is 0 Å². The van der Waals surface area contributed by atoms with E-state index in [1.165, 1.54) is 29.2 Å². The molecular formula is C21H19N7O2S2. The van der Waals surface area contributed by atoms with Crippen molar-refractivity contribution in [2.75, 3.05) is 5.32 Å². The van der Waals surface area contributed by atoms with Gasteiger partial charge in [0.25, 0.3) is 5.56 Å². The largest absolute Gasteiger partial charge is 0.457 e. The lowest BCUT2D eigenvalue weighted by atomic mass is 10.3. The van der Waals surface area contributed by atoms with Gasteiger partial charge in [0.15, 0.2) is 4.34 Å². The van der Waals surface area contributed by atoms with Gasteiger partial charge in [0.05, 0.1) is 5.69 Å². The third kappa shape index (κ3) is 6.15. The quantitative estimate of drug-likeness (QED) is 0.211. The third-order valence-corrected chi connectivity index (χ3v) is 5.97. The van der Waals surface area contributed by atoms with Crippen LogP contribution in [0.2, 0.25) is 0 Å². The van der Waals surface area contributed by atoms with Crippen LogP contribution in [0, 0.1) is 6.92 Å². The molecule has 0 radical (unpaired) electrons. The van der Waals surface area contributed by atoms with Gasteiger partial charge in [0.1, 0.15) is 16.5 Å². The van der Waals surface area contributed by atoms with E-state index in [0.717, 1.165) is 15.1 Å². The number of thioether (sulfide) groups is 1. The van der Waals surface area contributed by atoms with Gasteiger partial charge in [-0.15, -0.1) is 10.2 Å². The number of benzene rings is 2. The Kier molecular flexibility index (Phi) is 6.78. The Labute approximate surface area is 191 Å². The number of aryl methyl sites for hydroxylation is 1. The summed E-state index contributed by atoms with van der Waals surface area (Å²) in [5.74, 6) is 2.13. The topological polar surface area (TPSA) is 131 Å². The Morgan fingerprint density at radius 1 is 1.16 bits per heavy atom. The summed E-state index contributed by atoms with van der Waals surface area (Å²) in [6.45, 7) is 1.89. The maximum absolute atomic E-state index is 12.0. The molecule has 0 saturated heterocycles. The van der Waals surface area contributed by atoms with E-state index in [1.807, 2.05) is 61.5 Å². The van der Waals surface area contributed by atoms with Crippen LogP contribution in [0.15, 0.2) is 74.8 Å². The molecule has 2 aromatic heterocycles. The van der Waals surface area contributed by atoms with Crippen molar-refractivity contribution in [2.24, 2.45) is 10.7 Å². The summed E-state index contributed by atoms with van der Waals surface area (Å²) in [5.41, 5.74) is 6.97. The molecule has 0 amide bonds. The first kappa shape index (κ1) is 21.5. The highest BCUT2D eigenvalue weighted by Crippen LogP contribution is 2.25. The third-order valence-electron chi connectivity index (χ3n) is 3.97. The minimum Gasteiger partial charge on any atom is -0.457 e. The van der Waals surface area contributed by atoms with Crippen molar-refractivity contribution in [3.8, 4) is 11.5 Å². The minimum absolute atomic E-state index is 0.0921. The summed E-state index contributed by atoms with van der Waals surface area (Å²) in [6, 6.07) is 18.2. The van der Waals surface area contributed by atoms with Gasteiger partial charge in [-0.2, -0.15) is 4.99 Å². The van der Waals surface area contributed by atoms with Crippen LogP contribution in [0.3, 0.4) is 0 Å². The highest BCUT2D eigenvalue weighted by atomic mass is 32.2. The first-order valence-corrected chi connectivity index (χ1v) is 11.3. The van der Waals surface area contributed by atoms with Crippen LogP contribution in [0.25, 0.3) is 0 Å². The molecule has 0 aliphatic heterocycles. The fourth-order valence-corrected chi connectivity index (χ4v) is 4.32. The van der Waals surface area contributed by atoms with Crippen molar-refractivity contribution < 1.29 is 4.74 Å². The van der Waals surface area contributed by atoms with Crippen molar-refractivity contribution >= 4 is 40.7 Å². The highest BCUT2D eigenvalue weighted by molar-refractivity contribution is 8.00. The van der Waals surface area contributed by atoms with E-state index in [1.54, 1.807) is 0 Å². The zero-order valence-corrected chi connectivity index (χ0v) is 18.6. The monoisotopic (exact) mass is 465 g/mol. The standard InChI is InChI=1S/C21H19N7O2S2/c1-13-27-28-21(32-13)31-12-15-11-18(29)25-20(24-15)26-19(22)23-14-7-9-17(10-8-14)30-16-5-3-2-4-6-16/h2-11H,12H2,1H3,(H4,22,23,24,25,26,29). The molecule has 2 heterocycles. The number of nitrogens with zero attached hydrogens (tertiary/aromatic N) is 4. The Balaban J connectivity index is 1.40. The number of para-hydroxylation sites is 1. The van der Waals surface area contributed by atoms with Crippen molar-refractivity contribution in [3.63, 3.8) is 0 Å². The SMILES string of the molecule is Cc1nnc(SCc2cc(=O)[nH]c(N=C(N)Nc3ccc(Oc4ccccc4)cc3)n2)s1. The number of H-pyrrole nitrogens is 1.